The van der Waals surface area contributed by atoms with Crippen molar-refractivity contribution in [2.24, 2.45) is 5.92 Å². The number of hydrogen-bond acceptors (Lipinski definition) is 5. The Morgan fingerprint density at radius 1 is 1.06 bits per heavy atom. The fourth-order valence-corrected chi connectivity index (χ4v) is 4.82. The maximum absolute atomic E-state index is 12.5. The van der Waals surface area contributed by atoms with E-state index in [9.17, 15) is 19.5 Å². The van der Waals surface area contributed by atoms with E-state index in [2.05, 4.69) is 34.9 Å². The van der Waals surface area contributed by atoms with Crippen LogP contribution in [0, 0.1) is 5.92 Å². The highest BCUT2D eigenvalue weighted by molar-refractivity contribution is 5.86. The van der Waals surface area contributed by atoms with Crippen LogP contribution in [-0.4, -0.2) is 54.5 Å². The molecule has 1 heterocycles. The number of ether oxygens (including phenoxy) is 2. The summed E-state index contributed by atoms with van der Waals surface area (Å²) in [7, 11) is 0. The number of rotatable bonds is 9. The Kier molecular flexibility index (Phi) is 7.70. The van der Waals surface area contributed by atoms with Gasteiger partial charge < -0.3 is 25.2 Å². The molecule has 0 aromatic heterocycles. The first-order valence-electron chi connectivity index (χ1n) is 12.2. The van der Waals surface area contributed by atoms with E-state index in [-0.39, 0.29) is 31.1 Å². The summed E-state index contributed by atoms with van der Waals surface area (Å²) in [5.74, 6) is -1.69. The smallest absolute Gasteiger partial charge is 0.407 e. The number of carboxylic acids is 1. The molecule has 35 heavy (non-hydrogen) atoms. The van der Waals surface area contributed by atoms with Crippen LogP contribution in [0.1, 0.15) is 50.2 Å². The zero-order valence-corrected chi connectivity index (χ0v) is 20.0. The van der Waals surface area contributed by atoms with Crippen LogP contribution in [0.25, 0.3) is 11.1 Å². The number of hydrogen-bond donors (Lipinski definition) is 3. The first-order valence-corrected chi connectivity index (χ1v) is 12.2. The predicted octanol–water partition coefficient (Wildman–Crippen LogP) is 3.69. The molecule has 1 saturated heterocycles. The van der Waals surface area contributed by atoms with Crippen molar-refractivity contribution in [1.82, 2.24) is 10.6 Å². The minimum absolute atomic E-state index is 0.0170. The SMILES string of the molecule is CCC(C)C(NC(=O)C1CCC(CNC(=O)OCC2c3ccccc3-c3ccccc32)O1)C(=O)O. The molecule has 3 N–H and O–H groups in total. The Balaban J connectivity index is 1.24. The number of benzene rings is 2. The van der Waals surface area contributed by atoms with Crippen LogP contribution in [0.4, 0.5) is 4.79 Å². The molecule has 4 atom stereocenters. The summed E-state index contributed by atoms with van der Waals surface area (Å²) in [6.45, 7) is 4.11. The number of nitrogens with one attached hydrogen (secondary N) is 2. The van der Waals surface area contributed by atoms with Gasteiger partial charge in [0.1, 0.15) is 18.8 Å². The summed E-state index contributed by atoms with van der Waals surface area (Å²) in [6, 6.07) is 15.3. The molecule has 1 aliphatic heterocycles. The predicted molar refractivity (Wildman–Crippen MR) is 130 cm³/mol. The summed E-state index contributed by atoms with van der Waals surface area (Å²) in [6.07, 6.45) is 0.0907. The van der Waals surface area contributed by atoms with Gasteiger partial charge in [-0.3, -0.25) is 4.79 Å². The lowest BCUT2D eigenvalue weighted by Gasteiger charge is -2.22. The van der Waals surface area contributed by atoms with E-state index < -0.39 is 30.1 Å². The van der Waals surface area contributed by atoms with E-state index in [0.29, 0.717) is 19.3 Å². The van der Waals surface area contributed by atoms with Gasteiger partial charge in [0.05, 0.1) is 6.10 Å². The van der Waals surface area contributed by atoms with Crippen molar-refractivity contribution in [3.63, 3.8) is 0 Å². The van der Waals surface area contributed by atoms with Crippen LogP contribution in [0.5, 0.6) is 0 Å². The van der Waals surface area contributed by atoms with Gasteiger partial charge in [-0.1, -0.05) is 68.8 Å². The van der Waals surface area contributed by atoms with E-state index >= 15 is 0 Å². The summed E-state index contributed by atoms with van der Waals surface area (Å²) in [5.41, 5.74) is 4.62. The molecule has 8 heteroatoms. The third-order valence-electron chi connectivity index (χ3n) is 6.99. The lowest BCUT2D eigenvalue weighted by molar-refractivity contribution is -0.145. The van der Waals surface area contributed by atoms with Gasteiger partial charge in [0, 0.05) is 12.5 Å². The molecule has 0 spiro atoms. The van der Waals surface area contributed by atoms with Crippen molar-refractivity contribution in [3.05, 3.63) is 59.7 Å². The molecule has 2 amide bonds. The van der Waals surface area contributed by atoms with E-state index in [1.807, 2.05) is 31.2 Å². The van der Waals surface area contributed by atoms with Crippen LogP contribution >= 0.6 is 0 Å². The maximum Gasteiger partial charge on any atom is 0.407 e. The molecule has 2 aromatic rings. The van der Waals surface area contributed by atoms with Crippen molar-refractivity contribution < 1.29 is 29.0 Å². The van der Waals surface area contributed by atoms with Gasteiger partial charge in [-0.25, -0.2) is 9.59 Å². The van der Waals surface area contributed by atoms with E-state index in [4.69, 9.17) is 9.47 Å². The van der Waals surface area contributed by atoms with Gasteiger partial charge in [-0.15, -0.1) is 0 Å². The minimum Gasteiger partial charge on any atom is -0.480 e. The molecule has 1 fully saturated rings. The molecule has 0 radical (unpaired) electrons. The fourth-order valence-electron chi connectivity index (χ4n) is 4.82. The normalized spacial score (nSPS) is 20.4. The van der Waals surface area contributed by atoms with Gasteiger partial charge in [0.2, 0.25) is 5.91 Å². The van der Waals surface area contributed by atoms with Crippen LogP contribution in [0.2, 0.25) is 0 Å². The number of carbonyl (C=O) groups is 3. The molecule has 0 saturated carbocycles. The highest BCUT2D eigenvalue weighted by Crippen LogP contribution is 2.44. The Bertz CT molecular complexity index is 1040. The Hall–Kier alpha value is -3.39. The van der Waals surface area contributed by atoms with Crippen LogP contribution in [-0.2, 0) is 19.1 Å². The van der Waals surface area contributed by atoms with Gasteiger partial charge in [-0.05, 0) is 41.0 Å². The lowest BCUT2D eigenvalue weighted by Crippen LogP contribution is -2.48. The Labute approximate surface area is 205 Å². The average molecular weight is 481 g/mol. The molecular weight excluding hydrogens is 448 g/mol. The molecule has 2 aliphatic rings. The molecule has 186 valence electrons. The van der Waals surface area contributed by atoms with E-state index in [1.165, 1.54) is 11.1 Å². The number of fused-ring (bicyclic) bond motifs is 3. The van der Waals surface area contributed by atoms with Crippen molar-refractivity contribution >= 4 is 18.0 Å². The molecule has 0 bridgehead atoms. The first kappa shape index (κ1) is 24.7. The second-order valence-corrected chi connectivity index (χ2v) is 9.24. The Morgan fingerprint density at radius 2 is 1.69 bits per heavy atom. The zero-order chi connectivity index (χ0) is 24.9. The molecule has 4 rings (SSSR count). The van der Waals surface area contributed by atoms with Crippen molar-refractivity contribution in [2.75, 3.05) is 13.2 Å². The third-order valence-corrected chi connectivity index (χ3v) is 6.99. The molecule has 4 unspecified atom stereocenters. The maximum atomic E-state index is 12.5. The van der Waals surface area contributed by atoms with Gasteiger partial charge in [-0.2, -0.15) is 0 Å². The van der Waals surface area contributed by atoms with Crippen molar-refractivity contribution in [1.29, 1.82) is 0 Å². The second-order valence-electron chi connectivity index (χ2n) is 9.24. The number of carboxylic acid groups (broad SMARTS) is 1. The fraction of sp³-hybridized carbons (Fsp3) is 0.444. The molecule has 2 aromatic carbocycles. The largest absolute Gasteiger partial charge is 0.480 e. The topological polar surface area (TPSA) is 114 Å². The summed E-state index contributed by atoms with van der Waals surface area (Å²) in [4.78, 5) is 36.4. The van der Waals surface area contributed by atoms with Gasteiger partial charge in [0.25, 0.3) is 0 Å². The molecular formula is C27H32N2O6. The van der Waals surface area contributed by atoms with E-state index in [1.54, 1.807) is 6.92 Å². The standard InChI is InChI=1S/C27H32N2O6/c1-3-16(2)24(26(31)32)29-25(30)23-13-12-17(35-23)14-28-27(33)34-15-22-20-10-6-4-8-18(20)19-9-5-7-11-21(19)22/h4-11,16-17,22-24H,3,12-15H2,1-2H3,(H,28,33)(H,29,30)(H,31,32). The lowest BCUT2D eigenvalue weighted by atomic mass is 9.98. The molecule has 8 nitrogen and oxygen atoms in total. The quantitative estimate of drug-likeness (QED) is 0.504. The van der Waals surface area contributed by atoms with Crippen LogP contribution in [0.3, 0.4) is 0 Å². The van der Waals surface area contributed by atoms with Crippen molar-refractivity contribution in [2.45, 2.75) is 57.3 Å². The first-order chi connectivity index (χ1) is 16.9. The summed E-state index contributed by atoms with van der Waals surface area (Å²) >= 11 is 0. The highest BCUT2D eigenvalue weighted by Gasteiger charge is 2.35. The Morgan fingerprint density at radius 3 is 2.29 bits per heavy atom. The van der Waals surface area contributed by atoms with Crippen LogP contribution in [0.15, 0.2) is 48.5 Å². The number of alkyl carbamates (subject to hydrolysis) is 1. The monoisotopic (exact) mass is 480 g/mol. The number of carbonyl (C=O) groups excluding carboxylic acids is 2. The zero-order valence-electron chi connectivity index (χ0n) is 20.0. The molecule has 1 aliphatic carbocycles. The summed E-state index contributed by atoms with van der Waals surface area (Å²) in [5, 5.41) is 14.7. The average Bonchev–Trinajstić information content (AvgIpc) is 3.47. The van der Waals surface area contributed by atoms with Crippen molar-refractivity contribution in [3.8, 4) is 11.1 Å². The van der Waals surface area contributed by atoms with Crippen LogP contribution < -0.4 is 10.6 Å². The number of aliphatic carboxylic acids is 1. The summed E-state index contributed by atoms with van der Waals surface area (Å²) < 4.78 is 11.3. The van der Waals surface area contributed by atoms with Gasteiger partial charge >= 0.3 is 12.1 Å². The second kappa shape index (κ2) is 10.9. The number of amides is 2. The highest BCUT2D eigenvalue weighted by atomic mass is 16.5. The van der Waals surface area contributed by atoms with E-state index in [0.717, 1.165) is 11.1 Å². The third kappa shape index (κ3) is 5.48. The van der Waals surface area contributed by atoms with Gasteiger partial charge in [0.15, 0.2) is 0 Å². The minimum atomic E-state index is -1.06.